The molecule has 0 aliphatic rings. The maximum absolute atomic E-state index is 12.4. The van der Waals surface area contributed by atoms with E-state index in [4.69, 9.17) is 0 Å². The Bertz CT molecular complexity index is 917. The van der Waals surface area contributed by atoms with E-state index in [9.17, 15) is 18.5 Å². The molecule has 2 aromatic rings. The highest BCUT2D eigenvalue weighted by Crippen LogP contribution is 2.19. The molecular formula is C18H19N3O3S. The van der Waals surface area contributed by atoms with Gasteiger partial charge in [-0.3, -0.25) is 4.79 Å². The summed E-state index contributed by atoms with van der Waals surface area (Å²) in [4.78, 5) is 13.5. The van der Waals surface area contributed by atoms with Gasteiger partial charge < -0.3 is 4.90 Å². The van der Waals surface area contributed by atoms with Crippen molar-refractivity contribution in [2.45, 2.75) is 18.7 Å². The Morgan fingerprint density at radius 2 is 1.80 bits per heavy atom. The number of sulfonamides is 1. The molecule has 0 saturated carbocycles. The van der Waals surface area contributed by atoms with Crippen LogP contribution in [0.1, 0.15) is 18.1 Å². The quantitative estimate of drug-likeness (QED) is 0.858. The number of aryl methyl sites for hydroxylation is 1. The molecule has 0 aliphatic heterocycles. The summed E-state index contributed by atoms with van der Waals surface area (Å²) in [6, 6.07) is 15.4. The molecule has 7 heteroatoms. The van der Waals surface area contributed by atoms with Gasteiger partial charge in [-0.1, -0.05) is 30.3 Å². The first-order valence-electron chi connectivity index (χ1n) is 7.69. The van der Waals surface area contributed by atoms with Crippen LogP contribution in [-0.4, -0.2) is 27.4 Å². The number of hydrogen-bond donors (Lipinski definition) is 1. The van der Waals surface area contributed by atoms with E-state index in [1.54, 1.807) is 49.4 Å². The predicted molar refractivity (Wildman–Crippen MR) is 95.6 cm³/mol. The van der Waals surface area contributed by atoms with Gasteiger partial charge in [0.05, 0.1) is 16.1 Å². The van der Waals surface area contributed by atoms with Crippen LogP contribution in [0.3, 0.4) is 0 Å². The minimum Gasteiger partial charge on any atom is -0.310 e. The number of anilines is 1. The minimum atomic E-state index is -3.66. The lowest BCUT2D eigenvalue weighted by Gasteiger charge is -2.22. The highest BCUT2D eigenvalue weighted by atomic mass is 32.2. The van der Waals surface area contributed by atoms with Gasteiger partial charge in [-0.05, 0) is 30.7 Å². The largest absolute Gasteiger partial charge is 0.310 e. The summed E-state index contributed by atoms with van der Waals surface area (Å²) in [6.45, 7) is 3.26. The number of nitrogens with one attached hydrogen (secondary N) is 1. The van der Waals surface area contributed by atoms with Crippen LogP contribution in [-0.2, 0) is 14.8 Å². The van der Waals surface area contributed by atoms with E-state index in [0.29, 0.717) is 16.8 Å². The second-order valence-corrected chi connectivity index (χ2v) is 7.20. The Morgan fingerprint density at radius 1 is 1.16 bits per heavy atom. The van der Waals surface area contributed by atoms with Gasteiger partial charge in [0.25, 0.3) is 0 Å². The van der Waals surface area contributed by atoms with Crippen molar-refractivity contribution in [2.75, 3.05) is 18.0 Å². The van der Waals surface area contributed by atoms with Crippen molar-refractivity contribution in [1.82, 2.24) is 4.72 Å². The standard InChI is InChI=1S/C18H19N3O3S/c1-14-7-3-6-10-18(14)25(23,24)20-11-12-21(15(2)22)17-9-5-4-8-16(17)13-19/h3-10,20H,11-12H2,1-2H3. The third kappa shape index (κ3) is 4.44. The van der Waals surface area contributed by atoms with Crippen LogP contribution in [0, 0.1) is 18.3 Å². The predicted octanol–water partition coefficient (Wildman–Crippen LogP) is 2.20. The van der Waals surface area contributed by atoms with Crippen molar-refractivity contribution in [3.8, 4) is 6.07 Å². The fraction of sp³-hybridized carbons (Fsp3) is 0.222. The van der Waals surface area contributed by atoms with Gasteiger partial charge in [0.1, 0.15) is 6.07 Å². The lowest BCUT2D eigenvalue weighted by molar-refractivity contribution is -0.116. The first-order valence-corrected chi connectivity index (χ1v) is 9.17. The highest BCUT2D eigenvalue weighted by Gasteiger charge is 2.18. The number of rotatable bonds is 6. The molecule has 2 aromatic carbocycles. The zero-order chi connectivity index (χ0) is 18.4. The normalized spacial score (nSPS) is 10.9. The molecule has 0 spiro atoms. The maximum Gasteiger partial charge on any atom is 0.240 e. The molecule has 1 N–H and O–H groups in total. The average molecular weight is 357 g/mol. The maximum atomic E-state index is 12.4. The molecule has 0 saturated heterocycles. The molecule has 0 unspecified atom stereocenters. The lowest BCUT2D eigenvalue weighted by Crippen LogP contribution is -2.38. The fourth-order valence-electron chi connectivity index (χ4n) is 2.48. The first kappa shape index (κ1) is 18.6. The van der Waals surface area contributed by atoms with Gasteiger partial charge in [0.15, 0.2) is 0 Å². The van der Waals surface area contributed by atoms with E-state index >= 15 is 0 Å². The Kier molecular flexibility index (Phi) is 5.91. The highest BCUT2D eigenvalue weighted by molar-refractivity contribution is 7.89. The van der Waals surface area contributed by atoms with E-state index in [1.165, 1.54) is 17.9 Å². The van der Waals surface area contributed by atoms with Gasteiger partial charge in [0, 0.05) is 20.0 Å². The molecule has 1 amide bonds. The summed E-state index contributed by atoms with van der Waals surface area (Å²) in [7, 11) is -3.66. The molecule has 0 radical (unpaired) electrons. The topological polar surface area (TPSA) is 90.3 Å². The van der Waals surface area contributed by atoms with Gasteiger partial charge in [-0.15, -0.1) is 0 Å². The molecular weight excluding hydrogens is 338 g/mol. The van der Waals surface area contributed by atoms with Gasteiger partial charge >= 0.3 is 0 Å². The van der Waals surface area contributed by atoms with Crippen molar-refractivity contribution in [3.63, 3.8) is 0 Å². The minimum absolute atomic E-state index is 0.0377. The van der Waals surface area contributed by atoms with Crippen LogP contribution in [0.4, 0.5) is 5.69 Å². The van der Waals surface area contributed by atoms with E-state index in [2.05, 4.69) is 4.72 Å². The van der Waals surface area contributed by atoms with Crippen molar-refractivity contribution in [1.29, 1.82) is 5.26 Å². The number of nitriles is 1. The van der Waals surface area contributed by atoms with E-state index in [0.717, 1.165) is 0 Å². The summed E-state index contributed by atoms with van der Waals surface area (Å²) in [5.74, 6) is -0.266. The fourth-order valence-corrected chi connectivity index (χ4v) is 3.74. The third-order valence-electron chi connectivity index (χ3n) is 3.71. The number of benzene rings is 2. The molecule has 0 atom stereocenters. The van der Waals surface area contributed by atoms with Crippen LogP contribution in [0.15, 0.2) is 53.4 Å². The Balaban J connectivity index is 2.14. The number of carbonyl (C=O) groups excluding carboxylic acids is 1. The monoisotopic (exact) mass is 357 g/mol. The Hall–Kier alpha value is -2.69. The summed E-state index contributed by atoms with van der Waals surface area (Å²) in [5.41, 5.74) is 1.47. The molecule has 25 heavy (non-hydrogen) atoms. The van der Waals surface area contributed by atoms with Crippen molar-refractivity contribution in [3.05, 3.63) is 59.7 Å². The SMILES string of the molecule is CC(=O)N(CCNS(=O)(=O)c1ccccc1C)c1ccccc1C#N. The van der Waals surface area contributed by atoms with Crippen LogP contribution in [0.5, 0.6) is 0 Å². The lowest BCUT2D eigenvalue weighted by atomic mass is 10.1. The first-order chi connectivity index (χ1) is 11.9. The molecule has 6 nitrogen and oxygen atoms in total. The van der Waals surface area contributed by atoms with Crippen LogP contribution in [0.25, 0.3) is 0 Å². The number of nitrogens with zero attached hydrogens (tertiary/aromatic N) is 2. The number of amides is 1. The van der Waals surface area contributed by atoms with Gasteiger partial charge in [-0.2, -0.15) is 5.26 Å². The van der Waals surface area contributed by atoms with Crippen LogP contribution < -0.4 is 9.62 Å². The zero-order valence-corrected chi connectivity index (χ0v) is 14.9. The van der Waals surface area contributed by atoms with Crippen LogP contribution in [0.2, 0.25) is 0 Å². The second-order valence-electron chi connectivity index (χ2n) is 5.46. The van der Waals surface area contributed by atoms with E-state index in [1.807, 2.05) is 6.07 Å². The summed E-state index contributed by atoms with van der Waals surface area (Å²) >= 11 is 0. The molecule has 0 bridgehead atoms. The van der Waals surface area contributed by atoms with Gasteiger partial charge in [-0.25, -0.2) is 13.1 Å². The molecule has 2 rings (SSSR count). The van der Waals surface area contributed by atoms with Gasteiger partial charge in [0.2, 0.25) is 15.9 Å². The number of carbonyl (C=O) groups is 1. The second kappa shape index (κ2) is 7.92. The van der Waals surface area contributed by atoms with Crippen molar-refractivity contribution in [2.24, 2.45) is 0 Å². The third-order valence-corrected chi connectivity index (χ3v) is 5.33. The summed E-state index contributed by atoms with van der Waals surface area (Å²) in [6.07, 6.45) is 0. The number of para-hydroxylation sites is 1. The van der Waals surface area contributed by atoms with E-state index in [-0.39, 0.29) is 23.9 Å². The molecule has 0 fully saturated rings. The molecule has 0 aromatic heterocycles. The zero-order valence-electron chi connectivity index (χ0n) is 14.1. The van der Waals surface area contributed by atoms with Crippen molar-refractivity contribution < 1.29 is 13.2 Å². The number of hydrogen-bond acceptors (Lipinski definition) is 4. The Labute approximate surface area is 147 Å². The smallest absolute Gasteiger partial charge is 0.240 e. The van der Waals surface area contributed by atoms with Crippen LogP contribution >= 0.6 is 0 Å². The summed E-state index contributed by atoms with van der Waals surface area (Å²) in [5, 5.41) is 9.18. The molecule has 130 valence electrons. The average Bonchev–Trinajstić information content (AvgIpc) is 2.58. The Morgan fingerprint density at radius 3 is 2.44 bits per heavy atom. The van der Waals surface area contributed by atoms with E-state index < -0.39 is 10.0 Å². The summed E-state index contributed by atoms with van der Waals surface area (Å²) < 4.78 is 27.3. The molecule has 0 heterocycles. The molecule has 0 aliphatic carbocycles. The van der Waals surface area contributed by atoms with Crippen molar-refractivity contribution >= 4 is 21.6 Å².